The van der Waals surface area contributed by atoms with Gasteiger partial charge in [-0.25, -0.2) is 0 Å². The minimum atomic E-state index is -0.646. The summed E-state index contributed by atoms with van der Waals surface area (Å²) in [6.07, 6.45) is 13.9. The van der Waals surface area contributed by atoms with Gasteiger partial charge in [-0.3, -0.25) is 4.79 Å². The van der Waals surface area contributed by atoms with Gasteiger partial charge < -0.3 is 5.11 Å². The van der Waals surface area contributed by atoms with Crippen molar-refractivity contribution >= 4 is 5.97 Å². The predicted octanol–water partition coefficient (Wildman–Crippen LogP) is 3.99. The van der Waals surface area contributed by atoms with Crippen molar-refractivity contribution in [1.29, 1.82) is 0 Å². The number of rotatable bonds is 3. The number of carboxylic acids is 1. The number of hydrogen-bond acceptors (Lipinski definition) is 1. The molecule has 0 unspecified atom stereocenters. The van der Waals surface area contributed by atoms with E-state index in [0.29, 0.717) is 6.42 Å². The van der Waals surface area contributed by atoms with Crippen molar-refractivity contribution in [3.63, 3.8) is 0 Å². The molecule has 2 rings (SSSR count). The fourth-order valence-electron chi connectivity index (χ4n) is 2.51. The SMILES string of the molecule is C1CCCC1.O=C(O)CCC1CCCC1. The summed E-state index contributed by atoms with van der Waals surface area (Å²) in [6.45, 7) is 0. The molecule has 2 aliphatic carbocycles. The third kappa shape index (κ3) is 6.53. The zero-order valence-electron chi connectivity index (χ0n) is 9.71. The molecule has 15 heavy (non-hydrogen) atoms. The summed E-state index contributed by atoms with van der Waals surface area (Å²) in [5.41, 5.74) is 0. The Balaban J connectivity index is 0.000000187. The maximum absolute atomic E-state index is 10.2. The van der Waals surface area contributed by atoms with Crippen LogP contribution in [0.4, 0.5) is 0 Å². The van der Waals surface area contributed by atoms with E-state index in [9.17, 15) is 4.79 Å². The molecular weight excluding hydrogens is 188 g/mol. The normalized spacial score (nSPS) is 21.1. The summed E-state index contributed by atoms with van der Waals surface area (Å²) in [5, 5.41) is 8.37. The second kappa shape index (κ2) is 7.72. The third-order valence-corrected chi connectivity index (χ3v) is 3.49. The van der Waals surface area contributed by atoms with Crippen LogP contribution < -0.4 is 0 Å². The first-order valence-electron chi connectivity index (χ1n) is 6.51. The molecule has 0 saturated heterocycles. The Labute approximate surface area is 93.1 Å². The molecule has 0 amide bonds. The van der Waals surface area contributed by atoms with E-state index in [1.807, 2.05) is 0 Å². The minimum absolute atomic E-state index is 0.366. The molecule has 2 aliphatic rings. The lowest BCUT2D eigenvalue weighted by Gasteiger charge is -2.04. The van der Waals surface area contributed by atoms with Gasteiger partial charge in [0.05, 0.1) is 0 Å². The molecule has 0 bridgehead atoms. The highest BCUT2D eigenvalue weighted by Crippen LogP contribution is 2.28. The van der Waals surface area contributed by atoms with Gasteiger partial charge in [-0.15, -0.1) is 0 Å². The number of carboxylic acid groups (broad SMARTS) is 1. The molecule has 0 aliphatic heterocycles. The lowest BCUT2D eigenvalue weighted by molar-refractivity contribution is -0.137. The van der Waals surface area contributed by atoms with E-state index in [1.54, 1.807) is 0 Å². The molecule has 0 aromatic heterocycles. The van der Waals surface area contributed by atoms with Crippen LogP contribution in [0.5, 0.6) is 0 Å². The van der Waals surface area contributed by atoms with Gasteiger partial charge in [-0.05, 0) is 12.3 Å². The molecule has 0 aromatic rings. The summed E-state index contributed by atoms with van der Waals surface area (Å²) in [7, 11) is 0. The van der Waals surface area contributed by atoms with Gasteiger partial charge in [0, 0.05) is 6.42 Å². The standard InChI is InChI=1S/C8H14O2.C5H10/c9-8(10)6-5-7-3-1-2-4-7;1-2-4-5-3-1/h7H,1-6H2,(H,9,10);1-5H2. The summed E-state index contributed by atoms with van der Waals surface area (Å²) >= 11 is 0. The quantitative estimate of drug-likeness (QED) is 0.768. The van der Waals surface area contributed by atoms with E-state index in [4.69, 9.17) is 5.11 Å². The maximum atomic E-state index is 10.2. The van der Waals surface area contributed by atoms with Crippen molar-refractivity contribution in [3.05, 3.63) is 0 Å². The third-order valence-electron chi connectivity index (χ3n) is 3.49. The molecular formula is C13H24O2. The average Bonchev–Trinajstić information content (AvgIpc) is 2.91. The van der Waals surface area contributed by atoms with E-state index >= 15 is 0 Å². The monoisotopic (exact) mass is 212 g/mol. The van der Waals surface area contributed by atoms with Crippen LogP contribution in [0.15, 0.2) is 0 Å². The zero-order chi connectivity index (χ0) is 10.9. The van der Waals surface area contributed by atoms with Crippen LogP contribution in [0.25, 0.3) is 0 Å². The molecule has 1 N–H and O–H groups in total. The fourth-order valence-corrected chi connectivity index (χ4v) is 2.51. The van der Waals surface area contributed by atoms with Crippen molar-refractivity contribution in [2.75, 3.05) is 0 Å². The Morgan fingerprint density at radius 1 is 0.933 bits per heavy atom. The Bertz CT molecular complexity index is 160. The minimum Gasteiger partial charge on any atom is -0.481 e. The van der Waals surface area contributed by atoms with Crippen molar-refractivity contribution in [2.45, 2.75) is 70.6 Å². The molecule has 0 atom stereocenters. The van der Waals surface area contributed by atoms with Crippen LogP contribution >= 0.6 is 0 Å². The fraction of sp³-hybridized carbons (Fsp3) is 0.923. The van der Waals surface area contributed by atoms with Gasteiger partial charge in [0.2, 0.25) is 0 Å². The molecule has 0 aromatic carbocycles. The van der Waals surface area contributed by atoms with E-state index in [-0.39, 0.29) is 0 Å². The average molecular weight is 212 g/mol. The highest BCUT2D eigenvalue weighted by Gasteiger charge is 2.15. The molecule has 88 valence electrons. The zero-order valence-corrected chi connectivity index (χ0v) is 9.71. The molecule has 0 heterocycles. The van der Waals surface area contributed by atoms with Gasteiger partial charge >= 0.3 is 5.97 Å². The molecule has 2 fully saturated rings. The van der Waals surface area contributed by atoms with Crippen molar-refractivity contribution in [3.8, 4) is 0 Å². The van der Waals surface area contributed by atoms with Crippen LogP contribution in [-0.2, 0) is 4.79 Å². The van der Waals surface area contributed by atoms with Crippen LogP contribution in [0, 0.1) is 5.92 Å². The van der Waals surface area contributed by atoms with Crippen molar-refractivity contribution in [2.24, 2.45) is 5.92 Å². The van der Waals surface area contributed by atoms with Crippen LogP contribution in [0.2, 0.25) is 0 Å². The highest BCUT2D eigenvalue weighted by molar-refractivity contribution is 5.66. The van der Waals surface area contributed by atoms with Crippen LogP contribution in [0.1, 0.15) is 70.6 Å². The summed E-state index contributed by atoms with van der Waals surface area (Å²) in [4.78, 5) is 10.2. The summed E-state index contributed by atoms with van der Waals surface area (Å²) in [5.74, 6) is 0.0722. The molecule has 2 nitrogen and oxygen atoms in total. The van der Waals surface area contributed by atoms with Gasteiger partial charge in [-0.1, -0.05) is 57.8 Å². The second-order valence-electron chi connectivity index (χ2n) is 4.85. The molecule has 0 radical (unpaired) electrons. The van der Waals surface area contributed by atoms with E-state index in [2.05, 4.69) is 0 Å². The first-order valence-corrected chi connectivity index (χ1v) is 6.51. The van der Waals surface area contributed by atoms with E-state index < -0.39 is 5.97 Å². The number of carbonyl (C=O) groups is 1. The molecule has 2 heteroatoms. The lowest BCUT2D eigenvalue weighted by atomic mass is 10.0. The summed E-state index contributed by atoms with van der Waals surface area (Å²) in [6, 6.07) is 0. The number of aliphatic carboxylic acids is 1. The van der Waals surface area contributed by atoms with Crippen LogP contribution in [-0.4, -0.2) is 11.1 Å². The lowest BCUT2D eigenvalue weighted by Crippen LogP contribution is -1.99. The molecule has 2 saturated carbocycles. The van der Waals surface area contributed by atoms with Crippen molar-refractivity contribution in [1.82, 2.24) is 0 Å². The van der Waals surface area contributed by atoms with Gasteiger partial charge in [0.15, 0.2) is 0 Å². The van der Waals surface area contributed by atoms with Gasteiger partial charge in [0.25, 0.3) is 0 Å². The van der Waals surface area contributed by atoms with E-state index in [0.717, 1.165) is 12.3 Å². The Hall–Kier alpha value is -0.530. The first kappa shape index (κ1) is 12.5. The Morgan fingerprint density at radius 3 is 1.80 bits per heavy atom. The van der Waals surface area contributed by atoms with E-state index in [1.165, 1.54) is 57.8 Å². The predicted molar refractivity (Wildman–Crippen MR) is 61.9 cm³/mol. The summed E-state index contributed by atoms with van der Waals surface area (Å²) < 4.78 is 0. The largest absolute Gasteiger partial charge is 0.481 e. The Morgan fingerprint density at radius 2 is 1.40 bits per heavy atom. The number of hydrogen-bond donors (Lipinski definition) is 1. The second-order valence-corrected chi connectivity index (χ2v) is 4.85. The van der Waals surface area contributed by atoms with Crippen molar-refractivity contribution < 1.29 is 9.90 Å². The van der Waals surface area contributed by atoms with Gasteiger partial charge in [-0.2, -0.15) is 0 Å². The highest BCUT2D eigenvalue weighted by atomic mass is 16.4. The van der Waals surface area contributed by atoms with Crippen LogP contribution in [0.3, 0.4) is 0 Å². The molecule has 0 spiro atoms. The maximum Gasteiger partial charge on any atom is 0.303 e. The van der Waals surface area contributed by atoms with Gasteiger partial charge in [0.1, 0.15) is 0 Å². The first-order chi connectivity index (χ1) is 7.29. The smallest absolute Gasteiger partial charge is 0.303 e. The Kier molecular flexibility index (Phi) is 6.45. The topological polar surface area (TPSA) is 37.3 Å².